The average Bonchev–Trinajstić information content (AvgIpc) is 2.82. The zero-order valence-corrected chi connectivity index (χ0v) is 10.8. The van der Waals surface area contributed by atoms with Gasteiger partial charge in [0.2, 0.25) is 5.91 Å². The maximum atomic E-state index is 11.8. The van der Waals surface area contributed by atoms with Gasteiger partial charge in [-0.15, -0.1) is 0 Å². The molecule has 1 aliphatic rings. The lowest BCUT2D eigenvalue weighted by Crippen LogP contribution is -2.37. The van der Waals surface area contributed by atoms with Crippen molar-refractivity contribution >= 4 is 11.9 Å². The molecule has 18 heavy (non-hydrogen) atoms. The van der Waals surface area contributed by atoms with Gasteiger partial charge in [0.1, 0.15) is 6.04 Å². The van der Waals surface area contributed by atoms with E-state index in [0.717, 1.165) is 11.3 Å². The van der Waals surface area contributed by atoms with Crippen molar-refractivity contribution < 1.29 is 14.3 Å². The Kier molecular flexibility index (Phi) is 3.36. The molecule has 0 saturated carbocycles. The van der Waals surface area contributed by atoms with Crippen LogP contribution in [0, 0.1) is 6.92 Å². The van der Waals surface area contributed by atoms with Gasteiger partial charge in [-0.25, -0.2) is 4.79 Å². The molecule has 0 aromatic carbocycles. The molecule has 1 saturated heterocycles. The summed E-state index contributed by atoms with van der Waals surface area (Å²) in [6.07, 6.45) is 2.16. The standard InChI is InChI=1S/C12H17N3O3/c1-4-18-12(17)11-8(5-10(16)13-11)9-6-15(3)14-7(9)2/h6,8,11H,4-5H2,1-3H3,(H,13,16). The van der Waals surface area contributed by atoms with Crippen LogP contribution < -0.4 is 5.32 Å². The van der Waals surface area contributed by atoms with Gasteiger partial charge in [-0.05, 0) is 19.4 Å². The number of hydrogen-bond donors (Lipinski definition) is 1. The smallest absolute Gasteiger partial charge is 0.329 e. The summed E-state index contributed by atoms with van der Waals surface area (Å²) in [5, 5.41) is 6.92. The maximum Gasteiger partial charge on any atom is 0.329 e. The van der Waals surface area contributed by atoms with Crippen molar-refractivity contribution in [3.05, 3.63) is 17.5 Å². The van der Waals surface area contributed by atoms with Crippen molar-refractivity contribution in [3.8, 4) is 0 Å². The van der Waals surface area contributed by atoms with E-state index in [1.807, 2.05) is 20.2 Å². The zero-order chi connectivity index (χ0) is 13.3. The lowest BCUT2D eigenvalue weighted by atomic mass is 9.92. The summed E-state index contributed by atoms with van der Waals surface area (Å²) in [7, 11) is 1.82. The van der Waals surface area contributed by atoms with Gasteiger partial charge in [0.15, 0.2) is 0 Å². The van der Waals surface area contributed by atoms with E-state index < -0.39 is 6.04 Å². The minimum absolute atomic E-state index is 0.124. The fourth-order valence-electron chi connectivity index (χ4n) is 2.38. The molecule has 1 aromatic rings. The Morgan fingerprint density at radius 2 is 2.39 bits per heavy atom. The van der Waals surface area contributed by atoms with E-state index in [2.05, 4.69) is 10.4 Å². The normalized spacial score (nSPS) is 22.9. The molecular weight excluding hydrogens is 234 g/mol. The second-order valence-corrected chi connectivity index (χ2v) is 4.45. The molecule has 2 heterocycles. The van der Waals surface area contributed by atoms with Crippen LogP contribution in [0.3, 0.4) is 0 Å². The number of hydrogen-bond acceptors (Lipinski definition) is 4. The molecule has 98 valence electrons. The number of esters is 1. The summed E-state index contributed by atoms with van der Waals surface area (Å²) in [5.74, 6) is -0.692. The van der Waals surface area contributed by atoms with Gasteiger partial charge in [-0.2, -0.15) is 5.10 Å². The molecule has 1 aromatic heterocycles. The number of carbonyl (C=O) groups is 2. The van der Waals surface area contributed by atoms with Crippen LogP contribution in [-0.4, -0.2) is 34.3 Å². The van der Waals surface area contributed by atoms with Gasteiger partial charge < -0.3 is 10.1 Å². The third-order valence-electron chi connectivity index (χ3n) is 3.12. The molecule has 1 fully saturated rings. The van der Waals surface area contributed by atoms with Crippen LogP contribution in [-0.2, 0) is 21.4 Å². The summed E-state index contributed by atoms with van der Waals surface area (Å²) >= 11 is 0. The number of nitrogens with one attached hydrogen (secondary N) is 1. The van der Waals surface area contributed by atoms with E-state index in [0.29, 0.717) is 13.0 Å². The maximum absolute atomic E-state index is 11.8. The van der Waals surface area contributed by atoms with E-state index >= 15 is 0 Å². The number of carbonyl (C=O) groups excluding carboxylic acids is 2. The highest BCUT2D eigenvalue weighted by Gasteiger charge is 2.40. The van der Waals surface area contributed by atoms with Crippen LogP contribution in [0.2, 0.25) is 0 Å². The molecule has 0 bridgehead atoms. The largest absolute Gasteiger partial charge is 0.464 e. The quantitative estimate of drug-likeness (QED) is 0.782. The molecule has 0 aliphatic carbocycles. The first kappa shape index (κ1) is 12.6. The number of amides is 1. The van der Waals surface area contributed by atoms with Gasteiger partial charge >= 0.3 is 5.97 Å². The molecule has 0 radical (unpaired) electrons. The number of ether oxygens (including phenoxy) is 1. The van der Waals surface area contributed by atoms with Crippen LogP contribution in [0.4, 0.5) is 0 Å². The van der Waals surface area contributed by atoms with Crippen LogP contribution in [0.1, 0.15) is 30.5 Å². The summed E-state index contributed by atoms with van der Waals surface area (Å²) in [6, 6.07) is -0.597. The number of aromatic nitrogens is 2. The monoisotopic (exact) mass is 251 g/mol. The molecule has 0 spiro atoms. The Labute approximate surface area is 105 Å². The number of aryl methyl sites for hydroxylation is 2. The molecule has 6 nitrogen and oxygen atoms in total. The summed E-state index contributed by atoms with van der Waals surface area (Å²) < 4.78 is 6.68. The van der Waals surface area contributed by atoms with Crippen LogP contribution in [0.15, 0.2) is 6.20 Å². The minimum atomic E-state index is -0.597. The fourth-order valence-corrected chi connectivity index (χ4v) is 2.38. The number of nitrogens with zero attached hydrogens (tertiary/aromatic N) is 2. The second kappa shape index (κ2) is 4.80. The van der Waals surface area contributed by atoms with Gasteiger partial charge in [-0.1, -0.05) is 0 Å². The molecule has 6 heteroatoms. The first-order valence-corrected chi connectivity index (χ1v) is 5.99. The summed E-state index contributed by atoms with van der Waals surface area (Å²) in [5.41, 5.74) is 1.77. The molecule has 1 amide bonds. The van der Waals surface area contributed by atoms with Crippen LogP contribution >= 0.6 is 0 Å². The van der Waals surface area contributed by atoms with Crippen LogP contribution in [0.25, 0.3) is 0 Å². The fraction of sp³-hybridized carbons (Fsp3) is 0.583. The van der Waals surface area contributed by atoms with E-state index in [-0.39, 0.29) is 17.8 Å². The molecular formula is C12H17N3O3. The highest BCUT2D eigenvalue weighted by atomic mass is 16.5. The van der Waals surface area contributed by atoms with Crippen molar-refractivity contribution in [3.63, 3.8) is 0 Å². The number of rotatable bonds is 3. The third kappa shape index (κ3) is 2.23. The highest BCUT2D eigenvalue weighted by molar-refractivity contribution is 5.90. The second-order valence-electron chi connectivity index (χ2n) is 4.45. The lowest BCUT2D eigenvalue weighted by molar-refractivity contribution is -0.146. The van der Waals surface area contributed by atoms with Crippen molar-refractivity contribution in [2.24, 2.45) is 7.05 Å². The first-order chi connectivity index (χ1) is 8.52. The third-order valence-corrected chi connectivity index (χ3v) is 3.12. The van der Waals surface area contributed by atoms with E-state index in [4.69, 9.17) is 4.74 Å². The molecule has 2 rings (SSSR count). The predicted molar refractivity (Wildman–Crippen MR) is 63.9 cm³/mol. The predicted octanol–water partition coefficient (Wildman–Crippen LogP) is 0.264. The van der Waals surface area contributed by atoms with Crippen molar-refractivity contribution in [2.45, 2.75) is 32.2 Å². The van der Waals surface area contributed by atoms with Crippen molar-refractivity contribution in [2.75, 3.05) is 6.61 Å². The van der Waals surface area contributed by atoms with E-state index in [9.17, 15) is 9.59 Å². The Hall–Kier alpha value is -1.85. The Bertz CT molecular complexity index is 481. The zero-order valence-electron chi connectivity index (χ0n) is 10.8. The van der Waals surface area contributed by atoms with Crippen molar-refractivity contribution in [1.82, 2.24) is 15.1 Å². The van der Waals surface area contributed by atoms with Crippen LogP contribution in [0.5, 0.6) is 0 Å². The van der Waals surface area contributed by atoms with E-state index in [1.54, 1.807) is 11.6 Å². The Balaban J connectivity index is 2.27. The van der Waals surface area contributed by atoms with Crippen molar-refractivity contribution in [1.29, 1.82) is 0 Å². The first-order valence-electron chi connectivity index (χ1n) is 5.99. The lowest BCUT2D eigenvalue weighted by Gasteiger charge is -2.16. The minimum Gasteiger partial charge on any atom is -0.464 e. The van der Waals surface area contributed by atoms with Gasteiger partial charge in [0.25, 0.3) is 0 Å². The van der Waals surface area contributed by atoms with Gasteiger partial charge in [0.05, 0.1) is 12.3 Å². The topological polar surface area (TPSA) is 73.2 Å². The Morgan fingerprint density at radius 1 is 1.67 bits per heavy atom. The van der Waals surface area contributed by atoms with Gasteiger partial charge in [0, 0.05) is 25.6 Å². The summed E-state index contributed by atoms with van der Waals surface area (Å²) in [6.45, 7) is 3.93. The van der Waals surface area contributed by atoms with Gasteiger partial charge in [-0.3, -0.25) is 9.48 Å². The molecule has 1 aliphatic heterocycles. The Morgan fingerprint density at radius 3 is 2.94 bits per heavy atom. The SMILES string of the molecule is CCOC(=O)C1NC(=O)CC1c1cn(C)nc1C. The molecule has 1 N–H and O–H groups in total. The van der Waals surface area contributed by atoms with E-state index in [1.165, 1.54) is 0 Å². The summed E-state index contributed by atoms with van der Waals surface area (Å²) in [4.78, 5) is 23.3. The molecule has 2 atom stereocenters. The highest BCUT2D eigenvalue weighted by Crippen LogP contribution is 2.30. The average molecular weight is 251 g/mol. The molecule has 2 unspecified atom stereocenters.